The van der Waals surface area contributed by atoms with Crippen LogP contribution in [0.15, 0.2) is 18.5 Å². The quantitative estimate of drug-likeness (QED) is 0.849. The molecule has 128 valence electrons. The van der Waals surface area contributed by atoms with Gasteiger partial charge >= 0.3 is 0 Å². The number of piperazine rings is 1. The third kappa shape index (κ3) is 3.12. The smallest absolute Gasteiger partial charge is 0.183 e. The first-order valence-corrected chi connectivity index (χ1v) is 8.74. The molecule has 2 aliphatic rings. The van der Waals surface area contributed by atoms with Crippen molar-refractivity contribution in [1.29, 1.82) is 5.26 Å². The van der Waals surface area contributed by atoms with E-state index < -0.39 is 0 Å². The second-order valence-corrected chi connectivity index (χ2v) is 6.83. The Kier molecular flexibility index (Phi) is 3.96. The zero-order valence-electron chi connectivity index (χ0n) is 14.6. The van der Waals surface area contributed by atoms with Crippen LogP contribution in [-0.4, -0.2) is 45.6 Å². The van der Waals surface area contributed by atoms with Gasteiger partial charge in [-0.1, -0.05) is 0 Å². The predicted molar refractivity (Wildman–Crippen MR) is 94.5 cm³/mol. The summed E-state index contributed by atoms with van der Waals surface area (Å²) in [6.07, 6.45) is 5.61. The number of hydrogen-bond acceptors (Lipinski definition) is 7. The van der Waals surface area contributed by atoms with Gasteiger partial charge in [-0.25, -0.2) is 19.9 Å². The first kappa shape index (κ1) is 15.8. The summed E-state index contributed by atoms with van der Waals surface area (Å²) in [5, 5.41) is 9.26. The van der Waals surface area contributed by atoms with Crippen LogP contribution in [0, 0.1) is 18.3 Å². The lowest BCUT2D eigenvalue weighted by Crippen LogP contribution is -2.53. The maximum atomic E-state index is 9.26. The fourth-order valence-electron chi connectivity index (χ4n) is 3.38. The lowest BCUT2D eigenvalue weighted by Gasteiger charge is -2.41. The van der Waals surface area contributed by atoms with Gasteiger partial charge in [0.05, 0.1) is 0 Å². The predicted octanol–water partition coefficient (Wildman–Crippen LogP) is 2.04. The topological polar surface area (TPSA) is 81.8 Å². The number of nitriles is 1. The summed E-state index contributed by atoms with van der Waals surface area (Å²) in [6, 6.07) is 4.47. The van der Waals surface area contributed by atoms with Crippen molar-refractivity contribution in [2.45, 2.75) is 38.6 Å². The van der Waals surface area contributed by atoms with Gasteiger partial charge in [-0.15, -0.1) is 0 Å². The van der Waals surface area contributed by atoms with Crippen LogP contribution in [0.5, 0.6) is 0 Å². The number of aryl methyl sites for hydroxylation is 1. The monoisotopic (exact) mass is 335 g/mol. The summed E-state index contributed by atoms with van der Waals surface area (Å²) in [5.74, 6) is 3.23. The molecule has 0 amide bonds. The molecule has 0 bridgehead atoms. The van der Waals surface area contributed by atoms with Crippen molar-refractivity contribution < 1.29 is 0 Å². The molecule has 1 aliphatic carbocycles. The second kappa shape index (κ2) is 6.28. The van der Waals surface area contributed by atoms with E-state index in [2.05, 4.69) is 43.8 Å². The minimum atomic E-state index is 0.267. The van der Waals surface area contributed by atoms with E-state index in [4.69, 9.17) is 4.98 Å². The highest BCUT2D eigenvalue weighted by Crippen LogP contribution is 2.38. The standard InChI is InChI=1S/C18H21N7/c1-12-9-16(23-17(22-12)14-3-4-14)25-8-7-24(11-13(25)2)18-15(10-19)20-5-6-21-18/h5-6,9,13-14H,3-4,7-8,11H2,1-2H3/t13-/m0/s1. The fraction of sp³-hybridized carbons (Fsp3) is 0.500. The molecule has 2 fully saturated rings. The number of rotatable bonds is 3. The molecule has 1 aliphatic heterocycles. The Morgan fingerprint density at radius 2 is 1.96 bits per heavy atom. The van der Waals surface area contributed by atoms with Crippen molar-refractivity contribution in [3.63, 3.8) is 0 Å². The zero-order chi connectivity index (χ0) is 17.4. The summed E-state index contributed by atoms with van der Waals surface area (Å²) in [5.41, 5.74) is 1.42. The highest BCUT2D eigenvalue weighted by atomic mass is 15.3. The molecule has 3 heterocycles. The number of aromatic nitrogens is 4. The maximum absolute atomic E-state index is 9.26. The van der Waals surface area contributed by atoms with E-state index >= 15 is 0 Å². The summed E-state index contributed by atoms with van der Waals surface area (Å²) in [6.45, 7) is 6.64. The van der Waals surface area contributed by atoms with Crippen LogP contribution >= 0.6 is 0 Å². The van der Waals surface area contributed by atoms with Crippen LogP contribution < -0.4 is 9.80 Å². The van der Waals surface area contributed by atoms with Crippen molar-refractivity contribution >= 4 is 11.6 Å². The Balaban J connectivity index is 1.55. The molecule has 7 nitrogen and oxygen atoms in total. The van der Waals surface area contributed by atoms with E-state index in [0.29, 0.717) is 17.4 Å². The van der Waals surface area contributed by atoms with Crippen LogP contribution in [0.25, 0.3) is 0 Å². The van der Waals surface area contributed by atoms with Gasteiger partial charge in [0.15, 0.2) is 11.5 Å². The highest BCUT2D eigenvalue weighted by molar-refractivity contribution is 5.52. The SMILES string of the molecule is Cc1cc(N2CCN(c3nccnc3C#N)C[C@@H]2C)nc(C2CC2)n1. The molecule has 0 radical (unpaired) electrons. The van der Waals surface area contributed by atoms with Gasteiger partial charge in [-0.3, -0.25) is 0 Å². The normalized spacial score (nSPS) is 20.4. The van der Waals surface area contributed by atoms with Crippen molar-refractivity contribution in [3.8, 4) is 6.07 Å². The molecule has 2 aromatic heterocycles. The first-order chi connectivity index (χ1) is 12.2. The van der Waals surface area contributed by atoms with E-state index in [0.717, 1.165) is 37.0 Å². The summed E-state index contributed by atoms with van der Waals surface area (Å²) < 4.78 is 0. The molecule has 1 saturated carbocycles. The van der Waals surface area contributed by atoms with Crippen LogP contribution in [0.3, 0.4) is 0 Å². The summed E-state index contributed by atoms with van der Waals surface area (Å²) in [7, 11) is 0. The van der Waals surface area contributed by atoms with Gasteiger partial charge in [-0.2, -0.15) is 5.26 Å². The lowest BCUT2D eigenvalue weighted by atomic mass is 10.1. The highest BCUT2D eigenvalue weighted by Gasteiger charge is 2.30. The number of hydrogen-bond donors (Lipinski definition) is 0. The van der Waals surface area contributed by atoms with Crippen molar-refractivity contribution in [2.75, 3.05) is 29.4 Å². The van der Waals surface area contributed by atoms with Gasteiger partial charge in [0, 0.05) is 55.7 Å². The molecule has 25 heavy (non-hydrogen) atoms. The van der Waals surface area contributed by atoms with Crippen molar-refractivity contribution in [1.82, 2.24) is 19.9 Å². The second-order valence-electron chi connectivity index (χ2n) is 6.83. The van der Waals surface area contributed by atoms with Gasteiger partial charge in [-0.05, 0) is 26.7 Å². The molecule has 1 saturated heterocycles. The molecular formula is C18H21N7. The van der Waals surface area contributed by atoms with Gasteiger partial charge in [0.2, 0.25) is 0 Å². The Hall–Kier alpha value is -2.75. The van der Waals surface area contributed by atoms with Crippen LogP contribution in [0.1, 0.15) is 42.9 Å². The fourth-order valence-corrected chi connectivity index (χ4v) is 3.38. The molecule has 0 unspecified atom stereocenters. The van der Waals surface area contributed by atoms with E-state index in [9.17, 15) is 5.26 Å². The largest absolute Gasteiger partial charge is 0.350 e. The Bertz CT molecular complexity index is 824. The van der Waals surface area contributed by atoms with Crippen LogP contribution in [0.2, 0.25) is 0 Å². The van der Waals surface area contributed by atoms with Crippen molar-refractivity contribution in [2.24, 2.45) is 0 Å². The number of nitrogens with zero attached hydrogens (tertiary/aromatic N) is 7. The molecule has 7 heteroatoms. The van der Waals surface area contributed by atoms with Crippen LogP contribution in [-0.2, 0) is 0 Å². The molecule has 1 atom stereocenters. The Morgan fingerprint density at radius 1 is 1.16 bits per heavy atom. The molecule has 0 N–H and O–H groups in total. The Labute approximate surface area is 147 Å². The lowest BCUT2D eigenvalue weighted by molar-refractivity contribution is 0.540. The minimum absolute atomic E-state index is 0.267. The molecular weight excluding hydrogens is 314 g/mol. The summed E-state index contributed by atoms with van der Waals surface area (Å²) >= 11 is 0. The number of anilines is 2. The third-order valence-corrected chi connectivity index (χ3v) is 4.81. The summed E-state index contributed by atoms with van der Waals surface area (Å²) in [4.78, 5) is 22.4. The minimum Gasteiger partial charge on any atom is -0.350 e. The zero-order valence-corrected chi connectivity index (χ0v) is 14.6. The molecule has 4 rings (SSSR count). The van der Waals surface area contributed by atoms with Crippen LogP contribution in [0.4, 0.5) is 11.6 Å². The molecule has 0 spiro atoms. The maximum Gasteiger partial charge on any atom is 0.183 e. The van der Waals surface area contributed by atoms with E-state index in [-0.39, 0.29) is 6.04 Å². The average molecular weight is 335 g/mol. The first-order valence-electron chi connectivity index (χ1n) is 8.74. The molecule has 0 aromatic carbocycles. The molecule has 2 aromatic rings. The van der Waals surface area contributed by atoms with Crippen molar-refractivity contribution in [3.05, 3.63) is 35.7 Å². The van der Waals surface area contributed by atoms with Gasteiger partial charge in [0.1, 0.15) is 17.7 Å². The van der Waals surface area contributed by atoms with E-state index in [1.165, 1.54) is 12.8 Å². The third-order valence-electron chi connectivity index (χ3n) is 4.81. The van der Waals surface area contributed by atoms with E-state index in [1.54, 1.807) is 12.4 Å². The Morgan fingerprint density at radius 3 is 2.68 bits per heavy atom. The average Bonchev–Trinajstić information content (AvgIpc) is 3.46. The van der Waals surface area contributed by atoms with Gasteiger partial charge in [0.25, 0.3) is 0 Å². The van der Waals surface area contributed by atoms with Gasteiger partial charge < -0.3 is 9.80 Å². The van der Waals surface area contributed by atoms with E-state index in [1.807, 2.05) is 6.92 Å².